The smallest absolute Gasteiger partial charge is 0.218 e. The normalized spacial score (nSPS) is 10.3. The van der Waals surface area contributed by atoms with Crippen molar-refractivity contribution in [2.45, 2.75) is 6.92 Å². The second-order valence-electron chi connectivity index (χ2n) is 3.47. The molecule has 86 valence electrons. The van der Waals surface area contributed by atoms with Crippen LogP contribution in [0.4, 0.5) is 8.78 Å². The fourth-order valence-corrected chi connectivity index (χ4v) is 1.35. The number of ketones is 1. The van der Waals surface area contributed by atoms with Crippen molar-refractivity contribution in [1.82, 2.24) is 9.97 Å². The van der Waals surface area contributed by atoms with Gasteiger partial charge in [0.2, 0.25) is 5.78 Å². The molecular formula is C12H8F2N2O. The van der Waals surface area contributed by atoms with Crippen LogP contribution in [0.25, 0.3) is 0 Å². The van der Waals surface area contributed by atoms with Crippen molar-refractivity contribution in [1.29, 1.82) is 0 Å². The first-order valence-corrected chi connectivity index (χ1v) is 4.87. The Bertz CT molecular complexity index is 547. The standard InChI is InChI=1S/C12H8F2N2O/c1-7-5-16-10(6-15-7)12(17)11-8(13)3-2-4-9(11)14/h2-6H,1H3. The molecule has 2 rings (SSSR count). The van der Waals surface area contributed by atoms with E-state index in [0.29, 0.717) is 5.69 Å². The van der Waals surface area contributed by atoms with E-state index in [1.165, 1.54) is 18.5 Å². The molecule has 2 aromatic rings. The van der Waals surface area contributed by atoms with Crippen molar-refractivity contribution < 1.29 is 13.6 Å². The van der Waals surface area contributed by atoms with Crippen molar-refractivity contribution in [2.24, 2.45) is 0 Å². The van der Waals surface area contributed by atoms with Gasteiger partial charge in [0.15, 0.2) is 0 Å². The minimum atomic E-state index is -0.905. The summed E-state index contributed by atoms with van der Waals surface area (Å²) in [5.41, 5.74) is -0.0687. The van der Waals surface area contributed by atoms with Crippen molar-refractivity contribution in [2.75, 3.05) is 0 Å². The number of hydrogen-bond acceptors (Lipinski definition) is 3. The van der Waals surface area contributed by atoms with E-state index in [0.717, 1.165) is 12.1 Å². The van der Waals surface area contributed by atoms with E-state index >= 15 is 0 Å². The molecule has 0 N–H and O–H groups in total. The van der Waals surface area contributed by atoms with Gasteiger partial charge in [-0.1, -0.05) is 6.07 Å². The second-order valence-corrected chi connectivity index (χ2v) is 3.47. The van der Waals surface area contributed by atoms with Crippen LogP contribution in [0.5, 0.6) is 0 Å². The molecule has 0 saturated heterocycles. The summed E-state index contributed by atoms with van der Waals surface area (Å²) in [6.45, 7) is 1.70. The Balaban J connectivity index is 2.47. The van der Waals surface area contributed by atoms with Crippen LogP contribution in [-0.4, -0.2) is 15.8 Å². The van der Waals surface area contributed by atoms with Gasteiger partial charge in [-0.05, 0) is 19.1 Å². The van der Waals surface area contributed by atoms with E-state index in [9.17, 15) is 13.6 Å². The highest BCUT2D eigenvalue weighted by Gasteiger charge is 2.19. The first-order chi connectivity index (χ1) is 8.09. The lowest BCUT2D eigenvalue weighted by Crippen LogP contribution is -2.09. The molecule has 1 heterocycles. The van der Waals surface area contributed by atoms with E-state index in [-0.39, 0.29) is 5.69 Å². The Morgan fingerprint density at radius 1 is 1.12 bits per heavy atom. The highest BCUT2D eigenvalue weighted by atomic mass is 19.1. The maximum absolute atomic E-state index is 13.4. The third kappa shape index (κ3) is 2.18. The van der Waals surface area contributed by atoms with Crippen LogP contribution in [0, 0.1) is 18.6 Å². The van der Waals surface area contributed by atoms with Crippen molar-refractivity contribution in [3.8, 4) is 0 Å². The van der Waals surface area contributed by atoms with Gasteiger partial charge < -0.3 is 0 Å². The first-order valence-electron chi connectivity index (χ1n) is 4.87. The molecule has 0 aliphatic rings. The lowest BCUT2D eigenvalue weighted by Gasteiger charge is -2.03. The number of hydrogen-bond donors (Lipinski definition) is 0. The number of nitrogens with zero attached hydrogens (tertiary/aromatic N) is 2. The third-order valence-corrected chi connectivity index (χ3v) is 2.20. The van der Waals surface area contributed by atoms with Crippen LogP contribution in [0.1, 0.15) is 21.7 Å². The average molecular weight is 234 g/mol. The summed E-state index contributed by atoms with van der Waals surface area (Å²) < 4.78 is 26.7. The summed E-state index contributed by atoms with van der Waals surface area (Å²) in [4.78, 5) is 19.5. The lowest BCUT2D eigenvalue weighted by molar-refractivity contribution is 0.102. The van der Waals surface area contributed by atoms with Gasteiger partial charge in [0.25, 0.3) is 0 Å². The number of rotatable bonds is 2. The predicted octanol–water partition coefficient (Wildman–Crippen LogP) is 2.29. The summed E-state index contributed by atoms with van der Waals surface area (Å²) in [6, 6.07) is 3.25. The molecular weight excluding hydrogens is 226 g/mol. The van der Waals surface area contributed by atoms with E-state index in [1.807, 2.05) is 0 Å². The van der Waals surface area contributed by atoms with Gasteiger partial charge in [0, 0.05) is 6.20 Å². The van der Waals surface area contributed by atoms with E-state index in [4.69, 9.17) is 0 Å². The molecule has 0 fully saturated rings. The predicted molar refractivity (Wildman–Crippen MR) is 56.6 cm³/mol. The molecule has 0 spiro atoms. The number of aryl methyl sites for hydroxylation is 1. The molecule has 0 bridgehead atoms. The van der Waals surface area contributed by atoms with Crippen LogP contribution in [-0.2, 0) is 0 Å². The number of aromatic nitrogens is 2. The molecule has 0 amide bonds. The van der Waals surface area contributed by atoms with Gasteiger partial charge in [-0.15, -0.1) is 0 Å². The molecule has 0 radical (unpaired) electrons. The van der Waals surface area contributed by atoms with Crippen molar-refractivity contribution in [3.05, 3.63) is 59.2 Å². The molecule has 1 aromatic carbocycles. The zero-order valence-corrected chi connectivity index (χ0v) is 8.95. The minimum Gasteiger partial charge on any atom is -0.287 e. The summed E-state index contributed by atoms with van der Waals surface area (Å²) in [6.07, 6.45) is 2.57. The molecule has 0 saturated carbocycles. The number of carbonyl (C=O) groups is 1. The quantitative estimate of drug-likeness (QED) is 0.749. The van der Waals surface area contributed by atoms with Crippen LogP contribution < -0.4 is 0 Å². The molecule has 0 unspecified atom stereocenters. The van der Waals surface area contributed by atoms with Gasteiger partial charge in [-0.2, -0.15) is 0 Å². The summed E-state index contributed by atoms with van der Waals surface area (Å²) in [5, 5.41) is 0. The molecule has 0 aliphatic heterocycles. The number of carbonyl (C=O) groups excluding carboxylic acids is 1. The monoisotopic (exact) mass is 234 g/mol. The SMILES string of the molecule is Cc1cnc(C(=O)c2c(F)cccc2F)cn1. The first kappa shape index (κ1) is 11.3. The van der Waals surface area contributed by atoms with Crippen LogP contribution in [0.3, 0.4) is 0 Å². The maximum Gasteiger partial charge on any atom is 0.218 e. The Kier molecular flexibility index (Phi) is 2.91. The van der Waals surface area contributed by atoms with E-state index in [1.54, 1.807) is 6.92 Å². The van der Waals surface area contributed by atoms with Crippen LogP contribution >= 0.6 is 0 Å². The Morgan fingerprint density at radius 3 is 2.29 bits per heavy atom. The number of benzene rings is 1. The molecule has 3 nitrogen and oxygen atoms in total. The van der Waals surface area contributed by atoms with Gasteiger partial charge in [-0.3, -0.25) is 9.78 Å². The second kappa shape index (κ2) is 4.37. The maximum atomic E-state index is 13.4. The average Bonchev–Trinajstić information content (AvgIpc) is 2.29. The zero-order valence-electron chi connectivity index (χ0n) is 8.95. The highest BCUT2D eigenvalue weighted by Crippen LogP contribution is 2.15. The minimum absolute atomic E-state index is 0.0837. The molecule has 17 heavy (non-hydrogen) atoms. The molecule has 0 atom stereocenters. The largest absolute Gasteiger partial charge is 0.287 e. The van der Waals surface area contributed by atoms with E-state index < -0.39 is 23.0 Å². The highest BCUT2D eigenvalue weighted by molar-refractivity contribution is 6.07. The Hall–Kier alpha value is -2.17. The summed E-state index contributed by atoms with van der Waals surface area (Å²) >= 11 is 0. The zero-order chi connectivity index (χ0) is 12.4. The van der Waals surface area contributed by atoms with Gasteiger partial charge in [0.1, 0.15) is 17.3 Å². The molecule has 0 aliphatic carbocycles. The fourth-order valence-electron chi connectivity index (χ4n) is 1.35. The number of halogens is 2. The van der Waals surface area contributed by atoms with Crippen molar-refractivity contribution in [3.63, 3.8) is 0 Å². The topological polar surface area (TPSA) is 42.9 Å². The van der Waals surface area contributed by atoms with Crippen LogP contribution in [0.15, 0.2) is 30.6 Å². The van der Waals surface area contributed by atoms with Gasteiger partial charge >= 0.3 is 0 Å². The lowest BCUT2D eigenvalue weighted by atomic mass is 10.1. The summed E-state index contributed by atoms with van der Waals surface area (Å²) in [5.74, 6) is -2.62. The van der Waals surface area contributed by atoms with E-state index in [2.05, 4.69) is 9.97 Å². The Labute approximate surface area is 96.2 Å². The molecule has 1 aromatic heterocycles. The van der Waals surface area contributed by atoms with Crippen LogP contribution in [0.2, 0.25) is 0 Å². The third-order valence-electron chi connectivity index (χ3n) is 2.20. The van der Waals surface area contributed by atoms with Gasteiger partial charge in [0.05, 0.1) is 17.5 Å². The van der Waals surface area contributed by atoms with Gasteiger partial charge in [-0.25, -0.2) is 13.8 Å². The Morgan fingerprint density at radius 2 is 1.76 bits per heavy atom. The summed E-state index contributed by atoms with van der Waals surface area (Å²) in [7, 11) is 0. The van der Waals surface area contributed by atoms with Crippen molar-refractivity contribution >= 4 is 5.78 Å². The fraction of sp³-hybridized carbons (Fsp3) is 0.0833. The molecule has 5 heteroatoms.